The van der Waals surface area contributed by atoms with Crippen LogP contribution < -0.4 is 21.5 Å². The molecule has 0 aliphatic carbocycles. The summed E-state index contributed by atoms with van der Waals surface area (Å²) < 4.78 is 5.25. The van der Waals surface area contributed by atoms with Crippen molar-refractivity contribution in [3.8, 4) is 17.1 Å². The quantitative estimate of drug-likeness (QED) is 0.638. The zero-order valence-corrected chi connectivity index (χ0v) is 15.6. The first kappa shape index (κ1) is 17.7. The number of hydrogen-bond donors (Lipinski definition) is 3. The number of anilines is 2. The number of nitrogens with zero attached hydrogens (tertiary/aromatic N) is 3. The second-order valence-electron chi connectivity index (χ2n) is 6.60. The Hall–Kier alpha value is -3.68. The normalized spacial score (nSPS) is 15.6. The predicted molar refractivity (Wildman–Crippen MR) is 106 cm³/mol. The number of carbonyl (C=O) groups is 1. The van der Waals surface area contributed by atoms with Crippen molar-refractivity contribution in [3.63, 3.8) is 0 Å². The number of methoxy groups -OCH3 is 1. The summed E-state index contributed by atoms with van der Waals surface area (Å²) in [5.41, 5.74) is 16.4. The van der Waals surface area contributed by atoms with E-state index >= 15 is 0 Å². The number of rotatable bonds is 3. The summed E-state index contributed by atoms with van der Waals surface area (Å²) in [6.07, 6.45) is 0.512. The third-order valence-corrected chi connectivity index (χ3v) is 4.81. The van der Waals surface area contributed by atoms with Crippen LogP contribution in [0.25, 0.3) is 11.3 Å². The monoisotopic (exact) mass is 376 g/mol. The molecule has 1 aliphatic rings. The van der Waals surface area contributed by atoms with Gasteiger partial charge >= 0.3 is 0 Å². The molecule has 0 radical (unpaired) electrons. The summed E-state index contributed by atoms with van der Waals surface area (Å²) in [5.74, 6) is 0.325. The largest absolute Gasteiger partial charge is 0.480 e. The number of fused-ring (bicyclic) bond motifs is 1. The highest BCUT2D eigenvalue weighted by molar-refractivity contribution is 5.98. The van der Waals surface area contributed by atoms with Crippen molar-refractivity contribution in [1.82, 2.24) is 20.3 Å². The van der Waals surface area contributed by atoms with E-state index in [1.54, 1.807) is 13.0 Å². The summed E-state index contributed by atoms with van der Waals surface area (Å²) in [4.78, 5) is 25.6. The van der Waals surface area contributed by atoms with Crippen LogP contribution in [-0.2, 0) is 6.42 Å². The van der Waals surface area contributed by atoms with Crippen LogP contribution in [0.3, 0.4) is 0 Å². The number of hydrogen-bond acceptors (Lipinski definition) is 7. The number of amides is 1. The van der Waals surface area contributed by atoms with E-state index in [1.807, 2.05) is 30.3 Å². The molecule has 1 unspecified atom stereocenters. The van der Waals surface area contributed by atoms with Gasteiger partial charge in [0.2, 0.25) is 11.8 Å². The van der Waals surface area contributed by atoms with Crippen LogP contribution in [0.15, 0.2) is 36.4 Å². The van der Waals surface area contributed by atoms with Gasteiger partial charge in [-0.3, -0.25) is 4.79 Å². The molecule has 142 valence electrons. The van der Waals surface area contributed by atoms with Crippen molar-refractivity contribution in [2.75, 3.05) is 18.6 Å². The Morgan fingerprint density at radius 3 is 2.68 bits per heavy atom. The van der Waals surface area contributed by atoms with E-state index in [0.717, 1.165) is 11.1 Å². The molecule has 0 fully saturated rings. The van der Waals surface area contributed by atoms with E-state index in [-0.39, 0.29) is 17.9 Å². The summed E-state index contributed by atoms with van der Waals surface area (Å²) in [7, 11) is 1.53. The fourth-order valence-corrected chi connectivity index (χ4v) is 3.56. The van der Waals surface area contributed by atoms with Crippen molar-refractivity contribution >= 4 is 17.5 Å². The van der Waals surface area contributed by atoms with Gasteiger partial charge in [0.1, 0.15) is 0 Å². The van der Waals surface area contributed by atoms with Crippen LogP contribution in [0.4, 0.5) is 11.6 Å². The number of ether oxygens (including phenoxy) is 1. The van der Waals surface area contributed by atoms with E-state index in [0.29, 0.717) is 40.6 Å². The van der Waals surface area contributed by atoms with Gasteiger partial charge in [0.15, 0.2) is 0 Å². The molecule has 3 heterocycles. The fourth-order valence-electron chi connectivity index (χ4n) is 3.56. The Balaban J connectivity index is 1.78. The van der Waals surface area contributed by atoms with Gasteiger partial charge in [0, 0.05) is 12.0 Å². The molecule has 0 saturated heterocycles. The minimum absolute atomic E-state index is 0.169. The van der Waals surface area contributed by atoms with Crippen LogP contribution >= 0.6 is 0 Å². The van der Waals surface area contributed by atoms with E-state index in [2.05, 4.69) is 20.3 Å². The van der Waals surface area contributed by atoms with Gasteiger partial charge in [-0.05, 0) is 24.6 Å². The van der Waals surface area contributed by atoms with E-state index in [4.69, 9.17) is 16.2 Å². The molecule has 0 saturated carbocycles. The number of aryl methyl sites for hydroxylation is 1. The molecule has 1 aliphatic heterocycles. The number of carbonyl (C=O) groups excluding carboxylic acids is 1. The first-order chi connectivity index (χ1) is 13.5. The molecule has 8 heteroatoms. The van der Waals surface area contributed by atoms with E-state index in [9.17, 15) is 4.79 Å². The van der Waals surface area contributed by atoms with Crippen LogP contribution in [0.2, 0.25) is 0 Å². The minimum Gasteiger partial charge on any atom is -0.480 e. The van der Waals surface area contributed by atoms with Gasteiger partial charge in [0.05, 0.1) is 41.5 Å². The topological polar surface area (TPSA) is 129 Å². The Kier molecular flexibility index (Phi) is 4.31. The van der Waals surface area contributed by atoms with Gasteiger partial charge in [-0.1, -0.05) is 24.3 Å². The Morgan fingerprint density at radius 2 is 1.89 bits per heavy atom. The maximum atomic E-state index is 12.7. The third kappa shape index (κ3) is 2.98. The zero-order chi connectivity index (χ0) is 19.8. The molecule has 1 atom stereocenters. The number of nitrogens with one attached hydrogen (secondary N) is 1. The second-order valence-corrected chi connectivity index (χ2v) is 6.60. The van der Waals surface area contributed by atoms with Gasteiger partial charge in [0.25, 0.3) is 5.91 Å². The van der Waals surface area contributed by atoms with Crippen LogP contribution in [0, 0.1) is 6.92 Å². The molecule has 4 rings (SSSR count). The van der Waals surface area contributed by atoms with Gasteiger partial charge in [-0.15, -0.1) is 0 Å². The molecule has 2 aromatic heterocycles. The highest BCUT2D eigenvalue weighted by Crippen LogP contribution is 2.34. The first-order valence-electron chi connectivity index (χ1n) is 8.81. The number of pyridine rings is 1. The summed E-state index contributed by atoms with van der Waals surface area (Å²) in [6.45, 7) is 1.76. The molecular formula is C20H20N6O2. The molecule has 28 heavy (non-hydrogen) atoms. The van der Waals surface area contributed by atoms with Crippen molar-refractivity contribution in [2.24, 2.45) is 0 Å². The van der Waals surface area contributed by atoms with Crippen molar-refractivity contribution in [1.29, 1.82) is 0 Å². The molecule has 8 nitrogen and oxygen atoms in total. The number of nitrogen functional groups attached to an aromatic ring is 2. The molecule has 0 spiro atoms. The molecule has 3 aromatic rings. The van der Waals surface area contributed by atoms with Gasteiger partial charge in [-0.2, -0.15) is 0 Å². The number of aromatic nitrogens is 3. The Morgan fingerprint density at radius 1 is 1.11 bits per heavy atom. The lowest BCUT2D eigenvalue weighted by Crippen LogP contribution is -2.37. The second kappa shape index (κ2) is 6.80. The standard InChI is InChI=1S/C20H20N6O2/c1-10-17-16(26-20(22)23-10)9-15(24-18(17)27)12-6-4-3-5-11(12)14-8-7-13(21)19(25-14)28-2/h3-8,15H,9,21H2,1-2H3,(H,24,27)(H2,22,23,26). The molecular weight excluding hydrogens is 356 g/mol. The maximum absolute atomic E-state index is 12.7. The molecule has 1 amide bonds. The SMILES string of the molecule is COc1nc(-c2ccccc2C2Cc3nc(N)nc(C)c3C(=O)N2)ccc1N. The maximum Gasteiger partial charge on any atom is 0.255 e. The molecule has 5 N–H and O–H groups in total. The average molecular weight is 376 g/mol. The first-order valence-corrected chi connectivity index (χ1v) is 8.81. The van der Waals surface area contributed by atoms with Gasteiger partial charge < -0.3 is 21.5 Å². The average Bonchev–Trinajstić information content (AvgIpc) is 2.67. The lowest BCUT2D eigenvalue weighted by atomic mass is 9.90. The van der Waals surface area contributed by atoms with Gasteiger partial charge in [-0.25, -0.2) is 15.0 Å². The summed E-state index contributed by atoms with van der Waals surface area (Å²) in [6, 6.07) is 11.1. The third-order valence-electron chi connectivity index (χ3n) is 4.81. The van der Waals surface area contributed by atoms with Crippen molar-refractivity contribution < 1.29 is 9.53 Å². The Bertz CT molecular complexity index is 1080. The highest BCUT2D eigenvalue weighted by atomic mass is 16.5. The summed E-state index contributed by atoms with van der Waals surface area (Å²) in [5, 5.41) is 3.06. The zero-order valence-electron chi connectivity index (χ0n) is 15.6. The summed E-state index contributed by atoms with van der Waals surface area (Å²) >= 11 is 0. The molecule has 1 aromatic carbocycles. The lowest BCUT2D eigenvalue weighted by molar-refractivity contribution is 0.0922. The number of nitrogens with two attached hydrogens (primary N) is 2. The fraction of sp³-hybridized carbons (Fsp3) is 0.200. The Labute approximate surface area is 162 Å². The van der Waals surface area contributed by atoms with Crippen molar-refractivity contribution in [3.05, 3.63) is 58.9 Å². The number of benzene rings is 1. The van der Waals surface area contributed by atoms with Crippen LogP contribution in [0.1, 0.15) is 33.4 Å². The molecule has 0 bridgehead atoms. The van der Waals surface area contributed by atoms with Crippen LogP contribution in [0.5, 0.6) is 5.88 Å². The van der Waals surface area contributed by atoms with Crippen LogP contribution in [-0.4, -0.2) is 28.0 Å². The minimum atomic E-state index is -0.268. The van der Waals surface area contributed by atoms with Crippen molar-refractivity contribution in [2.45, 2.75) is 19.4 Å². The predicted octanol–water partition coefficient (Wildman–Crippen LogP) is 2.05. The van der Waals surface area contributed by atoms with E-state index < -0.39 is 0 Å². The lowest BCUT2D eigenvalue weighted by Gasteiger charge is -2.27. The van der Waals surface area contributed by atoms with E-state index in [1.165, 1.54) is 7.11 Å². The smallest absolute Gasteiger partial charge is 0.255 e. The highest BCUT2D eigenvalue weighted by Gasteiger charge is 2.30.